The molecule has 0 aromatic heterocycles. The van der Waals surface area contributed by atoms with Crippen molar-refractivity contribution in [2.24, 2.45) is 0 Å². The Hall–Kier alpha value is -2.13. The second-order valence-corrected chi connectivity index (χ2v) is 5.96. The Labute approximate surface area is 131 Å². The fraction of sp³-hybridized carbons (Fsp3) is 0.316. The molecule has 0 bridgehead atoms. The SMILES string of the molecule is CN1CC(OC(=O)c2ccccc2)CC(c2ccccc2)C1. The van der Waals surface area contributed by atoms with Crippen molar-refractivity contribution in [1.82, 2.24) is 4.90 Å². The van der Waals surface area contributed by atoms with Gasteiger partial charge in [0, 0.05) is 19.0 Å². The first kappa shape index (κ1) is 14.8. The summed E-state index contributed by atoms with van der Waals surface area (Å²) in [6, 6.07) is 19.7. The van der Waals surface area contributed by atoms with E-state index < -0.39 is 0 Å². The molecule has 2 aromatic rings. The van der Waals surface area contributed by atoms with Gasteiger partial charge < -0.3 is 9.64 Å². The largest absolute Gasteiger partial charge is 0.457 e. The number of carbonyl (C=O) groups excluding carboxylic acids is 1. The molecule has 0 amide bonds. The molecule has 1 aliphatic rings. The van der Waals surface area contributed by atoms with Crippen LogP contribution in [0.5, 0.6) is 0 Å². The molecule has 0 saturated carbocycles. The monoisotopic (exact) mass is 295 g/mol. The van der Waals surface area contributed by atoms with Gasteiger partial charge in [0.25, 0.3) is 0 Å². The minimum atomic E-state index is -0.229. The predicted octanol–water partition coefficient (Wildman–Crippen LogP) is 3.33. The average Bonchev–Trinajstić information content (AvgIpc) is 2.56. The quantitative estimate of drug-likeness (QED) is 0.813. The zero-order chi connectivity index (χ0) is 15.4. The van der Waals surface area contributed by atoms with E-state index in [0.717, 1.165) is 19.5 Å². The van der Waals surface area contributed by atoms with Gasteiger partial charge in [0.2, 0.25) is 0 Å². The van der Waals surface area contributed by atoms with Crippen LogP contribution < -0.4 is 0 Å². The zero-order valence-corrected chi connectivity index (χ0v) is 12.8. The second kappa shape index (κ2) is 6.75. The Bertz CT molecular complexity index is 612. The number of ether oxygens (including phenoxy) is 1. The van der Waals surface area contributed by atoms with E-state index in [1.165, 1.54) is 5.56 Å². The van der Waals surface area contributed by atoms with Crippen LogP contribution in [0.15, 0.2) is 60.7 Å². The van der Waals surface area contributed by atoms with Gasteiger partial charge in [-0.25, -0.2) is 4.79 Å². The van der Waals surface area contributed by atoms with Crippen LogP contribution in [0, 0.1) is 0 Å². The van der Waals surface area contributed by atoms with Crippen LogP contribution in [0.3, 0.4) is 0 Å². The first-order valence-corrected chi connectivity index (χ1v) is 7.72. The summed E-state index contributed by atoms with van der Waals surface area (Å²) < 4.78 is 5.72. The number of nitrogens with zero attached hydrogens (tertiary/aromatic N) is 1. The van der Waals surface area contributed by atoms with Gasteiger partial charge in [-0.05, 0) is 31.2 Å². The number of carbonyl (C=O) groups is 1. The number of benzene rings is 2. The molecule has 1 heterocycles. The third kappa shape index (κ3) is 3.55. The van der Waals surface area contributed by atoms with Crippen LogP contribution in [0.25, 0.3) is 0 Å². The summed E-state index contributed by atoms with van der Waals surface area (Å²) in [7, 11) is 2.08. The van der Waals surface area contributed by atoms with Crippen molar-refractivity contribution in [2.45, 2.75) is 18.4 Å². The number of esters is 1. The van der Waals surface area contributed by atoms with Crippen LogP contribution in [0.1, 0.15) is 28.3 Å². The molecule has 0 N–H and O–H groups in total. The maximum atomic E-state index is 12.2. The highest BCUT2D eigenvalue weighted by molar-refractivity contribution is 5.89. The fourth-order valence-electron chi connectivity index (χ4n) is 3.11. The van der Waals surface area contributed by atoms with Gasteiger partial charge in [-0.3, -0.25) is 0 Å². The molecule has 22 heavy (non-hydrogen) atoms. The van der Waals surface area contributed by atoms with Crippen LogP contribution >= 0.6 is 0 Å². The molecule has 2 atom stereocenters. The first-order chi connectivity index (χ1) is 10.7. The molecule has 1 saturated heterocycles. The Morgan fingerprint density at radius 2 is 1.64 bits per heavy atom. The molecule has 1 aliphatic heterocycles. The highest BCUT2D eigenvalue weighted by Crippen LogP contribution is 2.28. The standard InChI is InChI=1S/C19H21NO2/c1-20-13-17(15-8-4-2-5-9-15)12-18(14-20)22-19(21)16-10-6-3-7-11-16/h2-11,17-18H,12-14H2,1H3. The van der Waals surface area contributed by atoms with E-state index in [0.29, 0.717) is 11.5 Å². The molecule has 114 valence electrons. The van der Waals surface area contributed by atoms with Crippen LogP contribution in [0.4, 0.5) is 0 Å². The van der Waals surface area contributed by atoms with Crippen molar-refractivity contribution in [1.29, 1.82) is 0 Å². The topological polar surface area (TPSA) is 29.5 Å². The third-order valence-corrected chi connectivity index (χ3v) is 4.15. The molecular weight excluding hydrogens is 274 g/mol. The summed E-state index contributed by atoms with van der Waals surface area (Å²) in [5.74, 6) is 0.182. The van der Waals surface area contributed by atoms with Crippen molar-refractivity contribution in [2.75, 3.05) is 20.1 Å². The van der Waals surface area contributed by atoms with Crippen molar-refractivity contribution in [3.63, 3.8) is 0 Å². The van der Waals surface area contributed by atoms with E-state index in [9.17, 15) is 4.79 Å². The molecule has 0 aliphatic carbocycles. The number of hydrogen-bond acceptors (Lipinski definition) is 3. The summed E-state index contributed by atoms with van der Waals surface area (Å²) in [4.78, 5) is 14.5. The molecule has 0 radical (unpaired) electrons. The van der Waals surface area contributed by atoms with Crippen molar-refractivity contribution < 1.29 is 9.53 Å². The molecule has 3 rings (SSSR count). The Kier molecular flexibility index (Phi) is 4.54. The number of hydrogen-bond donors (Lipinski definition) is 0. The lowest BCUT2D eigenvalue weighted by Gasteiger charge is -2.35. The fourth-order valence-corrected chi connectivity index (χ4v) is 3.11. The van der Waals surface area contributed by atoms with Gasteiger partial charge in [-0.1, -0.05) is 48.5 Å². The number of piperidine rings is 1. The molecule has 1 fully saturated rings. The third-order valence-electron chi connectivity index (χ3n) is 4.15. The first-order valence-electron chi connectivity index (χ1n) is 7.72. The molecular formula is C19H21NO2. The minimum Gasteiger partial charge on any atom is -0.457 e. The van der Waals surface area contributed by atoms with Crippen LogP contribution in [-0.4, -0.2) is 37.1 Å². The average molecular weight is 295 g/mol. The van der Waals surface area contributed by atoms with Crippen LogP contribution in [0.2, 0.25) is 0 Å². The second-order valence-electron chi connectivity index (χ2n) is 5.96. The van der Waals surface area contributed by atoms with Crippen molar-refractivity contribution >= 4 is 5.97 Å². The lowest BCUT2D eigenvalue weighted by Crippen LogP contribution is -2.42. The molecule has 2 aromatic carbocycles. The highest BCUT2D eigenvalue weighted by atomic mass is 16.5. The lowest BCUT2D eigenvalue weighted by atomic mass is 9.89. The molecule has 0 spiro atoms. The summed E-state index contributed by atoms with van der Waals surface area (Å²) in [6.45, 7) is 1.80. The summed E-state index contributed by atoms with van der Waals surface area (Å²) in [5, 5.41) is 0. The maximum Gasteiger partial charge on any atom is 0.338 e. The van der Waals surface area contributed by atoms with E-state index in [1.807, 2.05) is 24.3 Å². The molecule has 2 unspecified atom stereocenters. The van der Waals surface area contributed by atoms with Gasteiger partial charge in [0.05, 0.1) is 5.56 Å². The van der Waals surface area contributed by atoms with E-state index in [4.69, 9.17) is 4.74 Å². The number of likely N-dealkylation sites (tertiary alicyclic amines) is 1. The van der Waals surface area contributed by atoms with Crippen LogP contribution in [-0.2, 0) is 4.74 Å². The van der Waals surface area contributed by atoms with E-state index >= 15 is 0 Å². The summed E-state index contributed by atoms with van der Waals surface area (Å²) >= 11 is 0. The minimum absolute atomic E-state index is 0.0586. The summed E-state index contributed by atoms with van der Waals surface area (Å²) in [6.07, 6.45) is 0.823. The molecule has 3 heteroatoms. The molecule has 3 nitrogen and oxygen atoms in total. The van der Waals surface area contributed by atoms with E-state index in [1.54, 1.807) is 12.1 Å². The van der Waals surface area contributed by atoms with Crippen molar-refractivity contribution in [3.8, 4) is 0 Å². The van der Waals surface area contributed by atoms with Gasteiger partial charge in [-0.15, -0.1) is 0 Å². The van der Waals surface area contributed by atoms with Gasteiger partial charge in [-0.2, -0.15) is 0 Å². The Balaban J connectivity index is 1.68. The number of rotatable bonds is 3. The normalized spacial score (nSPS) is 22.2. The van der Waals surface area contributed by atoms with E-state index in [2.05, 4.69) is 36.2 Å². The van der Waals surface area contributed by atoms with Gasteiger partial charge in [0.15, 0.2) is 0 Å². The maximum absolute atomic E-state index is 12.2. The van der Waals surface area contributed by atoms with Gasteiger partial charge >= 0.3 is 5.97 Å². The zero-order valence-electron chi connectivity index (χ0n) is 12.8. The summed E-state index contributed by atoms with van der Waals surface area (Å²) in [5.41, 5.74) is 1.93. The Morgan fingerprint density at radius 3 is 2.32 bits per heavy atom. The van der Waals surface area contributed by atoms with Gasteiger partial charge in [0.1, 0.15) is 6.10 Å². The van der Waals surface area contributed by atoms with E-state index in [-0.39, 0.29) is 12.1 Å². The smallest absolute Gasteiger partial charge is 0.338 e. The highest BCUT2D eigenvalue weighted by Gasteiger charge is 2.29. The Morgan fingerprint density at radius 1 is 1.00 bits per heavy atom. The van der Waals surface area contributed by atoms with Crippen molar-refractivity contribution in [3.05, 3.63) is 71.8 Å². The lowest BCUT2D eigenvalue weighted by molar-refractivity contribution is 0.00690. The number of likely N-dealkylation sites (N-methyl/N-ethyl adjacent to an activating group) is 1. The predicted molar refractivity (Wildman–Crippen MR) is 86.9 cm³/mol.